The second kappa shape index (κ2) is 5.02. The second-order valence-electron chi connectivity index (χ2n) is 4.96. The van der Waals surface area contributed by atoms with Gasteiger partial charge >= 0.3 is 5.97 Å². The summed E-state index contributed by atoms with van der Waals surface area (Å²) in [5, 5.41) is 8.69. The highest BCUT2D eigenvalue weighted by Crippen LogP contribution is 2.43. The minimum absolute atomic E-state index is 0.0353. The molecule has 0 saturated carbocycles. The topological polar surface area (TPSA) is 81.8 Å². The maximum atomic E-state index is 10.6. The molecule has 1 unspecified atom stereocenters. The molecule has 1 aromatic rings. The van der Waals surface area contributed by atoms with Gasteiger partial charge in [-0.15, -0.1) is 0 Å². The number of ether oxygens (including phenoxy) is 2. The second-order valence-corrected chi connectivity index (χ2v) is 5.82. The number of rotatable bonds is 4. The van der Waals surface area contributed by atoms with E-state index in [2.05, 4.69) is 15.9 Å². The Morgan fingerprint density at radius 2 is 2.00 bits per heavy atom. The number of fused-ring (bicyclic) bond motifs is 1. The molecule has 104 valence electrons. The maximum Gasteiger partial charge on any atom is 0.303 e. The molecule has 0 saturated heterocycles. The molecule has 1 aliphatic rings. The van der Waals surface area contributed by atoms with Crippen LogP contribution in [-0.2, 0) is 4.79 Å². The lowest BCUT2D eigenvalue weighted by Gasteiger charge is -2.16. The zero-order chi connectivity index (χ0) is 14.2. The third-order valence-corrected chi connectivity index (χ3v) is 3.53. The van der Waals surface area contributed by atoms with Crippen molar-refractivity contribution in [2.75, 3.05) is 0 Å². The van der Waals surface area contributed by atoms with Crippen LogP contribution >= 0.6 is 15.9 Å². The molecular weight excluding hydrogens is 314 g/mol. The largest absolute Gasteiger partial charge is 0.481 e. The third kappa shape index (κ3) is 3.19. The first kappa shape index (κ1) is 14.1. The van der Waals surface area contributed by atoms with E-state index in [0.29, 0.717) is 17.9 Å². The van der Waals surface area contributed by atoms with Gasteiger partial charge in [-0.25, -0.2) is 0 Å². The molecule has 0 aliphatic carbocycles. The molecule has 1 atom stereocenters. The summed E-state index contributed by atoms with van der Waals surface area (Å²) in [4.78, 5) is 10.6. The summed E-state index contributed by atoms with van der Waals surface area (Å²) in [5.74, 6) is -0.251. The molecule has 3 N–H and O–H groups in total. The van der Waals surface area contributed by atoms with Gasteiger partial charge in [-0.1, -0.05) is 15.9 Å². The smallest absolute Gasteiger partial charge is 0.303 e. The fourth-order valence-corrected chi connectivity index (χ4v) is 2.60. The fourth-order valence-electron chi connectivity index (χ4n) is 1.98. The zero-order valence-electron chi connectivity index (χ0n) is 10.8. The van der Waals surface area contributed by atoms with Gasteiger partial charge in [0.25, 0.3) is 0 Å². The van der Waals surface area contributed by atoms with Crippen LogP contribution in [0.4, 0.5) is 0 Å². The molecule has 0 bridgehead atoms. The van der Waals surface area contributed by atoms with Crippen molar-refractivity contribution in [2.24, 2.45) is 5.73 Å². The number of hydrogen-bond donors (Lipinski definition) is 2. The van der Waals surface area contributed by atoms with Crippen molar-refractivity contribution >= 4 is 21.9 Å². The summed E-state index contributed by atoms with van der Waals surface area (Å²) < 4.78 is 12.1. The van der Waals surface area contributed by atoms with Gasteiger partial charge in [0.05, 0.1) is 0 Å². The standard InChI is InChI=1S/C13H16BrNO4/c1-13(2)18-10-5-7(8(14)6-11(10)19-13)9(15)3-4-12(16)17/h5-6,9H,3-4,15H2,1-2H3,(H,16,17). The Kier molecular flexibility index (Phi) is 3.73. The molecule has 6 heteroatoms. The Labute approximate surface area is 119 Å². The lowest BCUT2D eigenvalue weighted by Crippen LogP contribution is -2.29. The highest BCUT2D eigenvalue weighted by molar-refractivity contribution is 9.10. The normalized spacial score (nSPS) is 17.3. The van der Waals surface area contributed by atoms with Crippen LogP contribution < -0.4 is 15.2 Å². The number of carbonyl (C=O) groups is 1. The van der Waals surface area contributed by atoms with E-state index in [-0.39, 0.29) is 12.5 Å². The lowest BCUT2D eigenvalue weighted by atomic mass is 10.0. The van der Waals surface area contributed by atoms with Gasteiger partial charge < -0.3 is 20.3 Å². The molecule has 2 rings (SSSR count). The van der Waals surface area contributed by atoms with Gasteiger partial charge in [-0.05, 0) is 24.1 Å². The molecule has 1 aliphatic heterocycles. The Hall–Kier alpha value is -1.27. The summed E-state index contributed by atoms with van der Waals surface area (Å²) in [6.07, 6.45) is 0.407. The van der Waals surface area contributed by atoms with Crippen molar-refractivity contribution in [1.29, 1.82) is 0 Å². The Bertz CT molecular complexity index is 516. The minimum atomic E-state index is -0.853. The molecule has 0 radical (unpaired) electrons. The van der Waals surface area contributed by atoms with Crippen molar-refractivity contribution in [3.63, 3.8) is 0 Å². The molecule has 0 fully saturated rings. The molecular formula is C13H16BrNO4. The molecule has 0 aromatic heterocycles. The number of halogens is 1. The van der Waals surface area contributed by atoms with Crippen LogP contribution in [0.2, 0.25) is 0 Å². The van der Waals surface area contributed by atoms with E-state index in [1.54, 1.807) is 12.1 Å². The monoisotopic (exact) mass is 329 g/mol. The first-order valence-corrected chi connectivity index (χ1v) is 6.76. The predicted octanol–water partition coefficient (Wildman–Crippen LogP) is 2.82. The van der Waals surface area contributed by atoms with Crippen LogP contribution in [0.15, 0.2) is 16.6 Å². The zero-order valence-corrected chi connectivity index (χ0v) is 12.4. The number of benzene rings is 1. The minimum Gasteiger partial charge on any atom is -0.481 e. The van der Waals surface area contributed by atoms with Gasteiger partial charge in [-0.2, -0.15) is 0 Å². The molecule has 5 nitrogen and oxygen atoms in total. The number of aliphatic carboxylic acids is 1. The van der Waals surface area contributed by atoms with E-state index in [9.17, 15) is 4.79 Å². The number of carboxylic acid groups (broad SMARTS) is 1. The molecule has 19 heavy (non-hydrogen) atoms. The van der Waals surface area contributed by atoms with E-state index >= 15 is 0 Å². The Morgan fingerprint density at radius 3 is 2.58 bits per heavy atom. The third-order valence-electron chi connectivity index (χ3n) is 2.84. The first-order valence-electron chi connectivity index (χ1n) is 5.97. The number of carboxylic acids is 1. The Balaban J connectivity index is 2.22. The summed E-state index contributed by atoms with van der Waals surface area (Å²) in [5.41, 5.74) is 6.84. The first-order chi connectivity index (χ1) is 8.78. The van der Waals surface area contributed by atoms with Crippen LogP contribution in [0, 0.1) is 0 Å². The SMILES string of the molecule is CC1(C)Oc2cc(Br)c(C(N)CCC(=O)O)cc2O1. The predicted molar refractivity (Wildman–Crippen MR) is 73.3 cm³/mol. The average Bonchev–Trinajstić information content (AvgIpc) is 2.57. The van der Waals surface area contributed by atoms with E-state index in [0.717, 1.165) is 10.0 Å². The quantitative estimate of drug-likeness (QED) is 0.887. The van der Waals surface area contributed by atoms with Gasteiger partial charge in [0.15, 0.2) is 11.5 Å². The highest BCUT2D eigenvalue weighted by atomic mass is 79.9. The van der Waals surface area contributed by atoms with Gasteiger partial charge in [0.2, 0.25) is 5.79 Å². The van der Waals surface area contributed by atoms with Crippen molar-refractivity contribution in [2.45, 2.75) is 38.5 Å². The van der Waals surface area contributed by atoms with Gasteiger partial charge in [0.1, 0.15) is 0 Å². The molecule has 1 heterocycles. The molecule has 1 aromatic carbocycles. The fraction of sp³-hybridized carbons (Fsp3) is 0.462. The van der Waals surface area contributed by atoms with E-state index in [4.69, 9.17) is 20.3 Å². The maximum absolute atomic E-state index is 10.6. The van der Waals surface area contributed by atoms with E-state index in [1.807, 2.05) is 13.8 Å². The Morgan fingerprint density at radius 1 is 1.42 bits per heavy atom. The number of hydrogen-bond acceptors (Lipinski definition) is 4. The summed E-state index contributed by atoms with van der Waals surface area (Å²) >= 11 is 3.43. The van der Waals surface area contributed by atoms with Crippen molar-refractivity contribution < 1.29 is 19.4 Å². The van der Waals surface area contributed by atoms with Crippen LogP contribution in [0.25, 0.3) is 0 Å². The van der Waals surface area contributed by atoms with Crippen LogP contribution in [-0.4, -0.2) is 16.9 Å². The van der Waals surface area contributed by atoms with Crippen molar-refractivity contribution in [3.8, 4) is 11.5 Å². The molecule has 0 spiro atoms. The van der Waals surface area contributed by atoms with Crippen LogP contribution in [0.5, 0.6) is 11.5 Å². The average molecular weight is 330 g/mol. The lowest BCUT2D eigenvalue weighted by molar-refractivity contribution is -0.137. The van der Waals surface area contributed by atoms with Gasteiger partial charge in [-0.3, -0.25) is 4.79 Å². The summed E-state index contributed by atoms with van der Waals surface area (Å²) in [6.45, 7) is 3.65. The summed E-state index contributed by atoms with van der Waals surface area (Å²) in [6, 6.07) is 3.25. The van der Waals surface area contributed by atoms with Crippen molar-refractivity contribution in [3.05, 3.63) is 22.2 Å². The van der Waals surface area contributed by atoms with Crippen molar-refractivity contribution in [1.82, 2.24) is 0 Å². The van der Waals surface area contributed by atoms with Crippen LogP contribution in [0.3, 0.4) is 0 Å². The molecule has 0 amide bonds. The number of nitrogens with two attached hydrogens (primary N) is 1. The summed E-state index contributed by atoms with van der Waals surface area (Å²) in [7, 11) is 0. The highest BCUT2D eigenvalue weighted by Gasteiger charge is 2.32. The van der Waals surface area contributed by atoms with Gasteiger partial charge in [0, 0.05) is 30.8 Å². The van der Waals surface area contributed by atoms with E-state index in [1.165, 1.54) is 0 Å². The van der Waals surface area contributed by atoms with Crippen LogP contribution in [0.1, 0.15) is 38.3 Å². The van der Waals surface area contributed by atoms with E-state index < -0.39 is 11.8 Å².